The van der Waals surface area contributed by atoms with Gasteiger partial charge in [0.25, 0.3) is 10.0 Å². The average molecular weight is 312 g/mol. The third-order valence-electron chi connectivity index (χ3n) is 2.67. The Bertz CT molecular complexity index is 760. The first-order valence-corrected chi connectivity index (χ1v) is 7.67. The molecule has 0 bridgehead atoms. The highest BCUT2D eigenvalue weighted by Crippen LogP contribution is 2.26. The van der Waals surface area contributed by atoms with E-state index >= 15 is 0 Å². The topological polar surface area (TPSA) is 85.1 Å². The summed E-state index contributed by atoms with van der Waals surface area (Å²) < 4.78 is 27.0. The van der Waals surface area contributed by atoms with Gasteiger partial charge in [0, 0.05) is 6.20 Å². The SMILES string of the molecule is Cc1ccc(S(=O)(=O)Nc2cc(C)cnc2Cl)c(N)c1. The highest BCUT2D eigenvalue weighted by Gasteiger charge is 2.19. The number of anilines is 2. The fourth-order valence-corrected chi connectivity index (χ4v) is 3.11. The van der Waals surface area contributed by atoms with E-state index in [1.807, 2.05) is 6.92 Å². The van der Waals surface area contributed by atoms with Gasteiger partial charge in [0.1, 0.15) is 4.90 Å². The zero-order valence-electron chi connectivity index (χ0n) is 11.0. The zero-order chi connectivity index (χ0) is 14.9. The molecule has 0 amide bonds. The molecule has 0 atom stereocenters. The van der Waals surface area contributed by atoms with Crippen molar-refractivity contribution in [2.24, 2.45) is 0 Å². The number of aryl methyl sites for hydroxylation is 2. The predicted octanol–water partition coefficient (Wildman–Crippen LogP) is 2.73. The van der Waals surface area contributed by atoms with Crippen LogP contribution in [-0.4, -0.2) is 13.4 Å². The molecule has 0 aliphatic heterocycles. The molecule has 3 N–H and O–H groups in total. The maximum absolute atomic E-state index is 12.3. The number of hydrogen-bond acceptors (Lipinski definition) is 4. The maximum Gasteiger partial charge on any atom is 0.264 e. The van der Waals surface area contributed by atoms with Crippen molar-refractivity contribution in [3.63, 3.8) is 0 Å². The minimum Gasteiger partial charge on any atom is -0.398 e. The highest BCUT2D eigenvalue weighted by molar-refractivity contribution is 7.92. The Labute approximate surface area is 122 Å². The van der Waals surface area contributed by atoms with Crippen LogP contribution in [0.3, 0.4) is 0 Å². The third kappa shape index (κ3) is 3.02. The number of pyridine rings is 1. The summed E-state index contributed by atoms with van der Waals surface area (Å²) in [5.74, 6) is 0. The summed E-state index contributed by atoms with van der Waals surface area (Å²) in [5.41, 5.74) is 7.86. The molecule has 20 heavy (non-hydrogen) atoms. The second kappa shape index (κ2) is 5.30. The van der Waals surface area contributed by atoms with E-state index in [4.69, 9.17) is 17.3 Å². The molecule has 0 aliphatic rings. The van der Waals surface area contributed by atoms with Gasteiger partial charge < -0.3 is 5.73 Å². The fraction of sp³-hybridized carbons (Fsp3) is 0.154. The van der Waals surface area contributed by atoms with E-state index in [2.05, 4.69) is 9.71 Å². The van der Waals surface area contributed by atoms with Crippen LogP contribution in [-0.2, 0) is 10.0 Å². The highest BCUT2D eigenvalue weighted by atomic mass is 35.5. The van der Waals surface area contributed by atoms with Crippen molar-refractivity contribution >= 4 is 33.0 Å². The first-order chi connectivity index (χ1) is 9.29. The number of hydrogen-bond donors (Lipinski definition) is 2. The Morgan fingerprint density at radius 3 is 2.55 bits per heavy atom. The van der Waals surface area contributed by atoms with Gasteiger partial charge in [0.2, 0.25) is 0 Å². The molecule has 0 fully saturated rings. The molecule has 5 nitrogen and oxygen atoms in total. The van der Waals surface area contributed by atoms with Crippen molar-refractivity contribution in [1.29, 1.82) is 0 Å². The van der Waals surface area contributed by atoms with Crippen LogP contribution in [0.2, 0.25) is 5.15 Å². The lowest BCUT2D eigenvalue weighted by Crippen LogP contribution is -2.15. The van der Waals surface area contributed by atoms with Crippen molar-refractivity contribution < 1.29 is 8.42 Å². The van der Waals surface area contributed by atoms with Crippen LogP contribution < -0.4 is 10.5 Å². The lowest BCUT2D eigenvalue weighted by atomic mass is 10.2. The van der Waals surface area contributed by atoms with Crippen LogP contribution in [0.5, 0.6) is 0 Å². The van der Waals surface area contributed by atoms with Crippen LogP contribution in [0.15, 0.2) is 35.4 Å². The molecule has 0 unspecified atom stereocenters. The standard InChI is InChI=1S/C13H14ClN3O2S/c1-8-3-4-12(10(15)5-8)20(18,19)17-11-6-9(2)7-16-13(11)14/h3-7,17H,15H2,1-2H3. The predicted molar refractivity (Wildman–Crippen MR) is 80.4 cm³/mol. The van der Waals surface area contributed by atoms with E-state index in [0.29, 0.717) is 0 Å². The van der Waals surface area contributed by atoms with Crippen molar-refractivity contribution in [3.8, 4) is 0 Å². The molecule has 0 radical (unpaired) electrons. The molecular weight excluding hydrogens is 298 g/mol. The number of rotatable bonds is 3. The third-order valence-corrected chi connectivity index (χ3v) is 4.42. The number of aromatic nitrogens is 1. The summed E-state index contributed by atoms with van der Waals surface area (Å²) in [6.45, 7) is 3.63. The Morgan fingerprint density at radius 1 is 1.20 bits per heavy atom. The second-order valence-corrected chi connectivity index (χ2v) is 6.51. The van der Waals surface area contributed by atoms with E-state index in [1.54, 1.807) is 31.3 Å². The van der Waals surface area contributed by atoms with E-state index in [9.17, 15) is 8.42 Å². The summed E-state index contributed by atoms with van der Waals surface area (Å²) in [7, 11) is -3.80. The molecule has 2 aromatic rings. The number of nitrogens with zero attached hydrogens (tertiary/aromatic N) is 1. The van der Waals surface area contributed by atoms with Crippen LogP contribution in [0, 0.1) is 13.8 Å². The minimum atomic E-state index is -3.80. The Morgan fingerprint density at radius 2 is 1.90 bits per heavy atom. The lowest BCUT2D eigenvalue weighted by molar-refractivity contribution is 0.601. The number of nitrogens with two attached hydrogens (primary N) is 1. The van der Waals surface area contributed by atoms with Crippen molar-refractivity contribution in [2.75, 3.05) is 10.5 Å². The first-order valence-electron chi connectivity index (χ1n) is 5.81. The number of halogens is 1. The Kier molecular flexibility index (Phi) is 3.87. The number of sulfonamides is 1. The Hall–Kier alpha value is -1.79. The maximum atomic E-state index is 12.3. The first kappa shape index (κ1) is 14.6. The lowest BCUT2D eigenvalue weighted by Gasteiger charge is -2.11. The van der Waals surface area contributed by atoms with E-state index in [1.165, 1.54) is 6.07 Å². The van der Waals surface area contributed by atoms with Gasteiger partial charge in [-0.15, -0.1) is 0 Å². The van der Waals surface area contributed by atoms with Crippen molar-refractivity contribution in [3.05, 3.63) is 46.7 Å². The van der Waals surface area contributed by atoms with E-state index < -0.39 is 10.0 Å². The van der Waals surface area contributed by atoms with Crippen LogP contribution in [0.25, 0.3) is 0 Å². The van der Waals surface area contributed by atoms with E-state index in [-0.39, 0.29) is 21.4 Å². The number of nitrogen functional groups attached to an aromatic ring is 1. The molecule has 1 aromatic heterocycles. The molecule has 1 heterocycles. The summed E-state index contributed by atoms with van der Waals surface area (Å²) in [6, 6.07) is 6.35. The molecule has 0 saturated heterocycles. The van der Waals surface area contributed by atoms with E-state index in [0.717, 1.165) is 11.1 Å². The second-order valence-electron chi connectivity index (χ2n) is 4.50. The largest absolute Gasteiger partial charge is 0.398 e. The van der Waals surface area contributed by atoms with Gasteiger partial charge in [-0.1, -0.05) is 17.7 Å². The summed E-state index contributed by atoms with van der Waals surface area (Å²) in [5, 5.41) is 0.0878. The van der Waals surface area contributed by atoms with Crippen molar-refractivity contribution in [2.45, 2.75) is 18.7 Å². The van der Waals surface area contributed by atoms with Gasteiger partial charge in [-0.3, -0.25) is 4.72 Å². The van der Waals surface area contributed by atoms with Crippen LogP contribution in [0.4, 0.5) is 11.4 Å². The van der Waals surface area contributed by atoms with Gasteiger partial charge in [0.15, 0.2) is 5.15 Å². The average Bonchev–Trinajstić information content (AvgIpc) is 2.33. The number of benzene rings is 1. The quantitative estimate of drug-likeness (QED) is 0.674. The fourth-order valence-electron chi connectivity index (χ4n) is 1.74. The number of nitrogens with one attached hydrogen (secondary N) is 1. The van der Waals surface area contributed by atoms with Gasteiger partial charge in [-0.2, -0.15) is 0 Å². The monoisotopic (exact) mass is 311 g/mol. The molecule has 7 heteroatoms. The molecule has 0 saturated carbocycles. The van der Waals surface area contributed by atoms with Gasteiger partial charge in [-0.25, -0.2) is 13.4 Å². The Balaban J connectivity index is 2.43. The normalized spacial score (nSPS) is 11.3. The van der Waals surface area contributed by atoms with Crippen LogP contribution in [0.1, 0.15) is 11.1 Å². The molecule has 1 aromatic carbocycles. The molecule has 0 spiro atoms. The van der Waals surface area contributed by atoms with Gasteiger partial charge in [-0.05, 0) is 43.2 Å². The van der Waals surface area contributed by atoms with Crippen LogP contribution >= 0.6 is 11.6 Å². The van der Waals surface area contributed by atoms with Crippen molar-refractivity contribution in [1.82, 2.24) is 4.98 Å². The molecule has 2 rings (SSSR count). The molecule has 106 valence electrons. The van der Waals surface area contributed by atoms with Gasteiger partial charge in [0.05, 0.1) is 11.4 Å². The molecular formula is C13H14ClN3O2S. The summed E-state index contributed by atoms with van der Waals surface area (Å²) in [6.07, 6.45) is 1.56. The van der Waals surface area contributed by atoms with Gasteiger partial charge >= 0.3 is 0 Å². The zero-order valence-corrected chi connectivity index (χ0v) is 12.6. The summed E-state index contributed by atoms with van der Waals surface area (Å²) in [4.78, 5) is 3.91. The smallest absolute Gasteiger partial charge is 0.264 e. The minimum absolute atomic E-state index is 0.0145. The molecule has 0 aliphatic carbocycles. The summed E-state index contributed by atoms with van der Waals surface area (Å²) >= 11 is 5.89.